The molecule has 0 aliphatic carbocycles. The van der Waals surface area contributed by atoms with E-state index in [2.05, 4.69) is 4.74 Å². The number of aliphatic carboxylic acids is 1. The number of nitrogens with zero attached hydrogens (tertiary/aromatic N) is 1. The van der Waals surface area contributed by atoms with Crippen LogP contribution in [-0.2, 0) is 4.79 Å². The van der Waals surface area contributed by atoms with Crippen LogP contribution in [0.3, 0.4) is 0 Å². The van der Waals surface area contributed by atoms with Gasteiger partial charge in [0.1, 0.15) is 11.5 Å². The number of carboxylic acids is 1. The molecule has 2 atom stereocenters. The number of methoxy groups -OCH3 is 1. The highest BCUT2D eigenvalue weighted by atomic mass is 19.3. The molecule has 1 aromatic heterocycles. The van der Waals surface area contributed by atoms with Gasteiger partial charge >= 0.3 is 12.6 Å². The first-order valence-electron chi connectivity index (χ1n) is 10.2. The van der Waals surface area contributed by atoms with Crippen molar-refractivity contribution in [2.24, 2.45) is 5.92 Å². The first-order chi connectivity index (χ1) is 15.2. The largest absolute Gasteiger partial charge is 0.497 e. The Morgan fingerprint density at radius 2 is 1.72 bits per heavy atom. The molecule has 1 N–H and O–H groups in total. The minimum atomic E-state index is -2.96. The number of aromatic nitrogens is 1. The Bertz CT molecular complexity index is 1140. The Kier molecular flexibility index (Phi) is 6.81. The lowest BCUT2D eigenvalue weighted by molar-refractivity contribution is -0.140. The number of rotatable bonds is 8. The molecule has 0 saturated heterocycles. The average molecular weight is 445 g/mol. The van der Waals surface area contributed by atoms with Gasteiger partial charge in [-0.05, 0) is 60.9 Å². The summed E-state index contributed by atoms with van der Waals surface area (Å²) < 4.78 is 36.0. The second-order valence-electron chi connectivity index (χ2n) is 7.63. The fourth-order valence-corrected chi connectivity index (χ4v) is 4.00. The fraction of sp³-hybridized carbons (Fsp3) is 0.333. The molecule has 0 fully saturated rings. The maximum absolute atomic E-state index is 13.4. The van der Waals surface area contributed by atoms with E-state index in [9.17, 15) is 23.5 Å². The average Bonchev–Trinajstić information content (AvgIpc) is 3.04. The Balaban J connectivity index is 2.20. The summed E-state index contributed by atoms with van der Waals surface area (Å²) in [7, 11) is 1.52. The molecule has 8 heteroatoms. The van der Waals surface area contributed by atoms with Crippen molar-refractivity contribution < 1.29 is 33.0 Å². The van der Waals surface area contributed by atoms with E-state index in [1.807, 2.05) is 13.8 Å². The van der Waals surface area contributed by atoms with Crippen LogP contribution in [0.15, 0.2) is 42.5 Å². The summed E-state index contributed by atoms with van der Waals surface area (Å²) in [4.78, 5) is 25.6. The number of ether oxygens (including phenoxy) is 2. The lowest BCUT2D eigenvalue weighted by Gasteiger charge is -2.20. The third-order valence-corrected chi connectivity index (χ3v) is 5.78. The minimum Gasteiger partial charge on any atom is -0.497 e. The topological polar surface area (TPSA) is 77.8 Å². The predicted octanol–water partition coefficient (Wildman–Crippen LogP) is 5.46. The molecule has 0 spiro atoms. The van der Waals surface area contributed by atoms with Gasteiger partial charge in [-0.1, -0.05) is 20.3 Å². The SMILES string of the molecule is CCC(C)[C@@H](C(=O)O)c1c(C)n(C(=O)c2ccc(OC(F)F)cc2)c2ccc(OC)cc12. The monoisotopic (exact) mass is 445 g/mol. The molecular weight excluding hydrogens is 420 g/mol. The molecule has 6 nitrogen and oxygen atoms in total. The Morgan fingerprint density at radius 1 is 1.09 bits per heavy atom. The summed E-state index contributed by atoms with van der Waals surface area (Å²) in [5.74, 6) is -1.86. The number of carbonyl (C=O) groups is 2. The molecule has 2 aromatic carbocycles. The first-order valence-corrected chi connectivity index (χ1v) is 10.2. The number of fused-ring (bicyclic) bond motifs is 1. The number of halogens is 2. The van der Waals surface area contributed by atoms with E-state index in [1.165, 1.54) is 35.9 Å². The van der Waals surface area contributed by atoms with Gasteiger partial charge < -0.3 is 14.6 Å². The second kappa shape index (κ2) is 9.38. The zero-order valence-corrected chi connectivity index (χ0v) is 18.3. The van der Waals surface area contributed by atoms with Crippen LogP contribution in [0.2, 0.25) is 0 Å². The molecule has 32 heavy (non-hydrogen) atoms. The van der Waals surface area contributed by atoms with Crippen molar-refractivity contribution in [2.75, 3.05) is 7.11 Å². The van der Waals surface area contributed by atoms with E-state index >= 15 is 0 Å². The van der Waals surface area contributed by atoms with Crippen molar-refractivity contribution in [3.63, 3.8) is 0 Å². The Labute approximate surface area is 184 Å². The van der Waals surface area contributed by atoms with Gasteiger partial charge in [0.25, 0.3) is 5.91 Å². The number of hydrogen-bond acceptors (Lipinski definition) is 4. The van der Waals surface area contributed by atoms with Crippen LogP contribution in [0.25, 0.3) is 10.9 Å². The van der Waals surface area contributed by atoms with Gasteiger partial charge in [-0.15, -0.1) is 0 Å². The van der Waals surface area contributed by atoms with Crippen LogP contribution in [0.5, 0.6) is 11.5 Å². The van der Waals surface area contributed by atoms with Crippen LogP contribution in [-0.4, -0.2) is 35.3 Å². The smallest absolute Gasteiger partial charge is 0.387 e. The molecule has 0 saturated carbocycles. The highest BCUT2D eigenvalue weighted by molar-refractivity contribution is 6.05. The zero-order valence-electron chi connectivity index (χ0n) is 18.3. The van der Waals surface area contributed by atoms with E-state index in [-0.39, 0.29) is 17.2 Å². The molecule has 1 heterocycles. The van der Waals surface area contributed by atoms with E-state index in [0.29, 0.717) is 34.3 Å². The van der Waals surface area contributed by atoms with Gasteiger partial charge in [0.2, 0.25) is 0 Å². The third kappa shape index (κ3) is 4.30. The molecule has 0 bridgehead atoms. The molecule has 0 aliphatic heterocycles. The summed E-state index contributed by atoms with van der Waals surface area (Å²) in [6.07, 6.45) is 0.645. The summed E-state index contributed by atoms with van der Waals surface area (Å²) in [5.41, 5.74) is 1.88. The molecule has 1 unspecified atom stereocenters. The molecule has 170 valence electrons. The fourth-order valence-electron chi connectivity index (χ4n) is 4.00. The minimum absolute atomic E-state index is 0.0567. The van der Waals surface area contributed by atoms with Crippen molar-refractivity contribution in [3.8, 4) is 11.5 Å². The summed E-state index contributed by atoms with van der Waals surface area (Å²) >= 11 is 0. The lowest BCUT2D eigenvalue weighted by atomic mass is 9.84. The number of hydrogen-bond donors (Lipinski definition) is 1. The third-order valence-electron chi connectivity index (χ3n) is 5.78. The van der Waals surface area contributed by atoms with Crippen molar-refractivity contribution in [2.45, 2.75) is 39.7 Å². The Morgan fingerprint density at radius 3 is 2.25 bits per heavy atom. The normalized spacial score (nSPS) is 13.2. The van der Waals surface area contributed by atoms with E-state index in [1.54, 1.807) is 25.1 Å². The highest BCUT2D eigenvalue weighted by Gasteiger charge is 2.32. The molecule has 3 rings (SSSR count). The van der Waals surface area contributed by atoms with Crippen LogP contribution >= 0.6 is 0 Å². The standard InChI is InChI=1S/C24H25F2NO5/c1-5-13(2)20(23(29)30)21-14(3)27(19-11-10-17(31-4)12-18(19)21)22(28)15-6-8-16(9-7-15)32-24(25)26/h6-13,20,24H,5H2,1-4H3,(H,29,30)/t13?,20-/m1/s1. The second-order valence-corrected chi connectivity index (χ2v) is 7.63. The maximum atomic E-state index is 13.4. The number of carboxylic acid groups (broad SMARTS) is 1. The molecule has 3 aromatic rings. The van der Waals surface area contributed by atoms with E-state index < -0.39 is 24.4 Å². The Hall–Kier alpha value is -3.42. The molecule has 0 amide bonds. The van der Waals surface area contributed by atoms with E-state index in [0.717, 1.165) is 0 Å². The van der Waals surface area contributed by atoms with Crippen molar-refractivity contribution in [3.05, 3.63) is 59.3 Å². The predicted molar refractivity (Wildman–Crippen MR) is 116 cm³/mol. The van der Waals surface area contributed by atoms with Gasteiger partial charge in [0, 0.05) is 16.6 Å². The van der Waals surface area contributed by atoms with Gasteiger partial charge in [-0.3, -0.25) is 14.2 Å². The summed E-state index contributed by atoms with van der Waals surface area (Å²) in [6.45, 7) is 2.54. The van der Waals surface area contributed by atoms with Crippen molar-refractivity contribution in [1.29, 1.82) is 0 Å². The molecule has 0 aliphatic rings. The quantitative estimate of drug-likeness (QED) is 0.498. The van der Waals surface area contributed by atoms with Crippen molar-refractivity contribution >= 4 is 22.8 Å². The first kappa shape index (κ1) is 23.2. The molecule has 0 radical (unpaired) electrons. The summed E-state index contributed by atoms with van der Waals surface area (Å²) in [6, 6.07) is 10.5. The van der Waals surface area contributed by atoms with Crippen LogP contribution in [0, 0.1) is 12.8 Å². The zero-order chi connectivity index (χ0) is 23.6. The van der Waals surface area contributed by atoms with Crippen LogP contribution in [0.4, 0.5) is 8.78 Å². The van der Waals surface area contributed by atoms with Gasteiger partial charge in [-0.25, -0.2) is 0 Å². The summed E-state index contributed by atoms with van der Waals surface area (Å²) in [5, 5.41) is 10.6. The number of carbonyl (C=O) groups excluding carboxylic acids is 1. The highest BCUT2D eigenvalue weighted by Crippen LogP contribution is 2.39. The number of benzene rings is 2. The maximum Gasteiger partial charge on any atom is 0.387 e. The van der Waals surface area contributed by atoms with E-state index in [4.69, 9.17) is 4.74 Å². The van der Waals surface area contributed by atoms with Gasteiger partial charge in [0.15, 0.2) is 0 Å². The number of alkyl halides is 2. The molecular formula is C24H25F2NO5. The lowest BCUT2D eigenvalue weighted by Crippen LogP contribution is -2.21. The van der Waals surface area contributed by atoms with Crippen molar-refractivity contribution in [1.82, 2.24) is 4.57 Å². The van der Waals surface area contributed by atoms with Crippen LogP contribution in [0.1, 0.15) is 47.8 Å². The van der Waals surface area contributed by atoms with Gasteiger partial charge in [-0.2, -0.15) is 8.78 Å². The van der Waals surface area contributed by atoms with Gasteiger partial charge in [0.05, 0.1) is 18.5 Å². The van der Waals surface area contributed by atoms with Crippen LogP contribution < -0.4 is 9.47 Å².